The summed E-state index contributed by atoms with van der Waals surface area (Å²) in [6.07, 6.45) is 0. The van der Waals surface area contributed by atoms with Crippen LogP contribution in [0.25, 0.3) is 0 Å². The molecule has 0 bridgehead atoms. The van der Waals surface area contributed by atoms with E-state index in [1.54, 1.807) is 14.2 Å². The van der Waals surface area contributed by atoms with Crippen LogP contribution in [-0.2, 0) is 20.8 Å². The maximum absolute atomic E-state index is 11.3. The number of nitrogens with zero attached hydrogens (tertiary/aromatic N) is 2. The average molecular weight is 318 g/mol. The molecule has 21 heavy (non-hydrogen) atoms. The Labute approximate surface area is 128 Å². The van der Waals surface area contributed by atoms with Gasteiger partial charge in [0.25, 0.3) is 0 Å². The maximum Gasteiger partial charge on any atom is 0.347 e. The van der Waals surface area contributed by atoms with Gasteiger partial charge in [0.05, 0.1) is 31.6 Å². The first-order chi connectivity index (χ1) is 10.0. The molecule has 8 heteroatoms. The predicted molar refractivity (Wildman–Crippen MR) is 80.3 cm³/mol. The summed E-state index contributed by atoms with van der Waals surface area (Å²) in [7, 11) is 4.77. The highest BCUT2D eigenvalue weighted by atomic mass is 32.1. The SMILES string of the molecule is COCCN(c1nc(COC)c(C(=O)O)s1)C(C)COC. The van der Waals surface area contributed by atoms with E-state index in [-0.39, 0.29) is 17.5 Å². The zero-order valence-electron chi connectivity index (χ0n) is 12.8. The van der Waals surface area contributed by atoms with Gasteiger partial charge >= 0.3 is 5.97 Å². The molecule has 1 aromatic rings. The molecule has 0 aliphatic carbocycles. The molecule has 0 saturated heterocycles. The standard InChI is InChI=1S/C13H22N2O5S/c1-9(7-19-3)15(5-6-18-2)13-14-10(8-20-4)11(21-13)12(16)17/h9H,5-8H2,1-4H3,(H,16,17). The monoisotopic (exact) mass is 318 g/mol. The molecule has 1 aromatic heterocycles. The summed E-state index contributed by atoms with van der Waals surface area (Å²) in [5.74, 6) is -0.989. The van der Waals surface area contributed by atoms with Crippen LogP contribution in [0.5, 0.6) is 0 Å². The van der Waals surface area contributed by atoms with Crippen molar-refractivity contribution in [2.45, 2.75) is 19.6 Å². The fraction of sp³-hybridized carbons (Fsp3) is 0.692. The largest absolute Gasteiger partial charge is 0.477 e. The van der Waals surface area contributed by atoms with Gasteiger partial charge < -0.3 is 24.2 Å². The number of rotatable bonds is 10. The molecule has 1 atom stereocenters. The second-order valence-corrected chi connectivity index (χ2v) is 5.48. The van der Waals surface area contributed by atoms with Crippen LogP contribution in [0.3, 0.4) is 0 Å². The third kappa shape index (κ3) is 4.92. The van der Waals surface area contributed by atoms with Crippen LogP contribution in [0.15, 0.2) is 0 Å². The van der Waals surface area contributed by atoms with Crippen molar-refractivity contribution in [1.82, 2.24) is 4.98 Å². The van der Waals surface area contributed by atoms with Crippen molar-refractivity contribution in [3.05, 3.63) is 10.6 Å². The van der Waals surface area contributed by atoms with E-state index in [0.717, 1.165) is 11.3 Å². The normalized spacial score (nSPS) is 12.4. The third-order valence-corrected chi connectivity index (χ3v) is 4.01. The molecule has 0 amide bonds. The Bertz CT molecular complexity index is 452. The van der Waals surface area contributed by atoms with Gasteiger partial charge in [0, 0.05) is 27.9 Å². The van der Waals surface area contributed by atoms with E-state index in [1.165, 1.54) is 7.11 Å². The highest BCUT2D eigenvalue weighted by molar-refractivity contribution is 7.17. The molecule has 7 nitrogen and oxygen atoms in total. The van der Waals surface area contributed by atoms with E-state index in [2.05, 4.69) is 4.98 Å². The summed E-state index contributed by atoms with van der Waals surface area (Å²) in [5, 5.41) is 9.89. The molecule has 0 radical (unpaired) electrons. The lowest BCUT2D eigenvalue weighted by Gasteiger charge is -2.28. The topological polar surface area (TPSA) is 81.1 Å². The van der Waals surface area contributed by atoms with Crippen LogP contribution >= 0.6 is 11.3 Å². The number of ether oxygens (including phenoxy) is 3. The number of anilines is 1. The maximum atomic E-state index is 11.3. The fourth-order valence-corrected chi connectivity index (χ4v) is 2.93. The summed E-state index contributed by atoms with van der Waals surface area (Å²) in [4.78, 5) is 17.9. The highest BCUT2D eigenvalue weighted by Gasteiger charge is 2.23. The first-order valence-electron chi connectivity index (χ1n) is 6.51. The van der Waals surface area contributed by atoms with Gasteiger partial charge in [-0.25, -0.2) is 9.78 Å². The number of aromatic nitrogens is 1. The molecular weight excluding hydrogens is 296 g/mol. The van der Waals surface area contributed by atoms with Crippen LogP contribution < -0.4 is 4.90 Å². The Balaban J connectivity index is 3.05. The van der Waals surface area contributed by atoms with Crippen molar-refractivity contribution < 1.29 is 24.1 Å². The quantitative estimate of drug-likeness (QED) is 0.699. The molecule has 120 valence electrons. The smallest absolute Gasteiger partial charge is 0.347 e. The zero-order chi connectivity index (χ0) is 15.8. The molecule has 1 heterocycles. The Hall–Kier alpha value is -1.22. The van der Waals surface area contributed by atoms with Crippen LogP contribution in [0.1, 0.15) is 22.3 Å². The van der Waals surface area contributed by atoms with E-state index in [1.807, 2.05) is 11.8 Å². The highest BCUT2D eigenvalue weighted by Crippen LogP contribution is 2.28. The second-order valence-electron chi connectivity index (χ2n) is 4.50. The van der Waals surface area contributed by atoms with E-state index in [4.69, 9.17) is 14.2 Å². The van der Waals surface area contributed by atoms with Gasteiger partial charge in [0.15, 0.2) is 5.13 Å². The van der Waals surface area contributed by atoms with Gasteiger partial charge in [-0.3, -0.25) is 0 Å². The molecular formula is C13H22N2O5S. The van der Waals surface area contributed by atoms with Gasteiger partial charge in [0.1, 0.15) is 4.88 Å². The van der Waals surface area contributed by atoms with E-state index in [0.29, 0.717) is 30.6 Å². The van der Waals surface area contributed by atoms with Crippen molar-refractivity contribution in [2.24, 2.45) is 0 Å². The first kappa shape index (κ1) is 17.8. The summed E-state index contributed by atoms with van der Waals surface area (Å²) in [5.41, 5.74) is 0.442. The van der Waals surface area contributed by atoms with Crippen LogP contribution in [0.2, 0.25) is 0 Å². The number of carboxylic acids is 1. The van der Waals surface area contributed by atoms with Crippen molar-refractivity contribution in [2.75, 3.05) is 46.0 Å². The van der Waals surface area contributed by atoms with Crippen LogP contribution in [0.4, 0.5) is 5.13 Å². The fourth-order valence-electron chi connectivity index (χ4n) is 1.89. The zero-order valence-corrected chi connectivity index (χ0v) is 13.6. The molecule has 1 N–H and O–H groups in total. The van der Waals surface area contributed by atoms with Crippen LogP contribution in [0, 0.1) is 0 Å². The minimum atomic E-state index is -0.989. The van der Waals surface area contributed by atoms with Gasteiger partial charge in [-0.2, -0.15) is 0 Å². The molecule has 0 aromatic carbocycles. The average Bonchev–Trinajstić information content (AvgIpc) is 2.84. The van der Waals surface area contributed by atoms with Gasteiger partial charge in [-0.15, -0.1) is 0 Å². The van der Waals surface area contributed by atoms with Crippen molar-refractivity contribution in [3.8, 4) is 0 Å². The Morgan fingerprint density at radius 3 is 2.57 bits per heavy atom. The number of carboxylic acid groups (broad SMARTS) is 1. The minimum Gasteiger partial charge on any atom is -0.477 e. The number of hydrogen-bond acceptors (Lipinski definition) is 7. The Morgan fingerprint density at radius 1 is 1.33 bits per heavy atom. The van der Waals surface area contributed by atoms with Crippen molar-refractivity contribution >= 4 is 22.4 Å². The summed E-state index contributed by atoms with van der Waals surface area (Å²) in [6.45, 7) is 3.83. The first-order valence-corrected chi connectivity index (χ1v) is 7.33. The summed E-state index contributed by atoms with van der Waals surface area (Å²) in [6, 6.07) is 0.0633. The second kappa shape index (κ2) is 8.93. The predicted octanol–water partition coefficient (Wildman–Crippen LogP) is 1.48. The Kier molecular flexibility index (Phi) is 7.58. The third-order valence-electron chi connectivity index (χ3n) is 2.88. The lowest BCUT2D eigenvalue weighted by atomic mass is 10.3. The summed E-state index contributed by atoms with van der Waals surface area (Å²) >= 11 is 1.14. The van der Waals surface area contributed by atoms with Crippen molar-refractivity contribution in [1.29, 1.82) is 0 Å². The number of hydrogen-bond donors (Lipinski definition) is 1. The number of carbonyl (C=O) groups is 1. The molecule has 0 aliphatic rings. The molecule has 0 aliphatic heterocycles. The van der Waals surface area contributed by atoms with Gasteiger partial charge in [0.2, 0.25) is 0 Å². The summed E-state index contributed by atoms with van der Waals surface area (Å²) < 4.78 is 15.3. The molecule has 1 rings (SSSR count). The van der Waals surface area contributed by atoms with E-state index < -0.39 is 5.97 Å². The van der Waals surface area contributed by atoms with E-state index in [9.17, 15) is 9.90 Å². The molecule has 1 unspecified atom stereocenters. The number of thiazole rings is 1. The Morgan fingerprint density at radius 2 is 2.05 bits per heavy atom. The van der Waals surface area contributed by atoms with E-state index >= 15 is 0 Å². The molecule has 0 fully saturated rings. The molecule has 0 spiro atoms. The lowest BCUT2D eigenvalue weighted by Crippen LogP contribution is -2.38. The lowest BCUT2D eigenvalue weighted by molar-refractivity contribution is 0.0697. The minimum absolute atomic E-state index is 0.0633. The van der Waals surface area contributed by atoms with Gasteiger partial charge in [-0.05, 0) is 6.92 Å². The van der Waals surface area contributed by atoms with Gasteiger partial charge in [-0.1, -0.05) is 11.3 Å². The number of aromatic carboxylic acids is 1. The number of methoxy groups -OCH3 is 3. The molecule has 0 saturated carbocycles. The van der Waals surface area contributed by atoms with Crippen molar-refractivity contribution in [3.63, 3.8) is 0 Å². The van der Waals surface area contributed by atoms with Crippen LogP contribution in [-0.4, -0.2) is 63.2 Å².